The molecule has 3 heterocycles. The van der Waals surface area contributed by atoms with Gasteiger partial charge in [0.1, 0.15) is 23.6 Å². The van der Waals surface area contributed by atoms with Gasteiger partial charge in [0.05, 0.1) is 31.3 Å². The van der Waals surface area contributed by atoms with E-state index in [-0.39, 0.29) is 0 Å². The van der Waals surface area contributed by atoms with Crippen LogP contribution < -0.4 is 14.8 Å². The van der Waals surface area contributed by atoms with Crippen molar-refractivity contribution in [3.63, 3.8) is 0 Å². The van der Waals surface area contributed by atoms with Crippen molar-refractivity contribution in [3.8, 4) is 11.5 Å². The van der Waals surface area contributed by atoms with Crippen LogP contribution in [0.25, 0.3) is 11.0 Å². The number of anilines is 1. The first kappa shape index (κ1) is 21.8. The third-order valence-corrected chi connectivity index (χ3v) is 5.14. The van der Waals surface area contributed by atoms with Crippen LogP contribution in [0.2, 0.25) is 0 Å². The Balaban J connectivity index is 0.00000124. The molecule has 162 valence electrons. The molecule has 8 nitrogen and oxygen atoms in total. The first-order valence-electron chi connectivity index (χ1n) is 10.4. The summed E-state index contributed by atoms with van der Waals surface area (Å²) in [6.07, 6.45) is 3.49. The SMILES string of the molecule is CC.COc1ccc(CNc2ncnc3c2c(C)nn3C2CCOCC2)c(OC)c1. The fraction of sp³-hybridized carbons (Fsp3) is 0.500. The van der Waals surface area contributed by atoms with Gasteiger partial charge in [-0.1, -0.05) is 13.8 Å². The van der Waals surface area contributed by atoms with Gasteiger partial charge in [0.25, 0.3) is 0 Å². The summed E-state index contributed by atoms with van der Waals surface area (Å²) in [5.74, 6) is 2.31. The molecule has 0 unspecified atom stereocenters. The summed E-state index contributed by atoms with van der Waals surface area (Å²) in [5, 5.41) is 9.15. The predicted octanol–water partition coefficient (Wildman–Crippen LogP) is 4.14. The second-order valence-electron chi connectivity index (χ2n) is 6.83. The molecule has 0 spiro atoms. The summed E-state index contributed by atoms with van der Waals surface area (Å²) < 4.78 is 18.3. The number of hydrogen-bond donors (Lipinski definition) is 1. The molecule has 4 rings (SSSR count). The number of methoxy groups -OCH3 is 2. The van der Waals surface area contributed by atoms with Gasteiger partial charge in [-0.15, -0.1) is 0 Å². The smallest absolute Gasteiger partial charge is 0.163 e. The minimum absolute atomic E-state index is 0.314. The van der Waals surface area contributed by atoms with E-state index in [9.17, 15) is 0 Å². The standard InChI is InChI=1S/C20H25N5O3.C2H6/c1-13-18-19(21-11-14-4-5-16(26-2)10-17(14)27-3)22-12-23-20(18)25(24-13)15-6-8-28-9-7-15;1-2/h4-5,10,12,15H,6-9,11H2,1-3H3,(H,21,22,23);1-2H3. The van der Waals surface area contributed by atoms with E-state index in [4.69, 9.17) is 19.3 Å². The molecule has 0 amide bonds. The maximum absolute atomic E-state index is 5.49. The third-order valence-electron chi connectivity index (χ3n) is 5.14. The van der Waals surface area contributed by atoms with Gasteiger partial charge in [-0.05, 0) is 31.9 Å². The van der Waals surface area contributed by atoms with Crippen LogP contribution in [0, 0.1) is 6.92 Å². The van der Waals surface area contributed by atoms with Crippen molar-refractivity contribution in [2.75, 3.05) is 32.8 Å². The van der Waals surface area contributed by atoms with E-state index >= 15 is 0 Å². The first-order valence-corrected chi connectivity index (χ1v) is 10.4. The Morgan fingerprint density at radius 3 is 2.60 bits per heavy atom. The topological polar surface area (TPSA) is 83.3 Å². The van der Waals surface area contributed by atoms with Crippen molar-refractivity contribution in [3.05, 3.63) is 35.8 Å². The van der Waals surface area contributed by atoms with Crippen molar-refractivity contribution >= 4 is 16.9 Å². The molecule has 8 heteroatoms. The molecule has 2 aromatic heterocycles. The lowest BCUT2D eigenvalue weighted by molar-refractivity contribution is 0.0672. The highest BCUT2D eigenvalue weighted by Gasteiger charge is 2.22. The summed E-state index contributed by atoms with van der Waals surface area (Å²) in [6.45, 7) is 8.10. The van der Waals surface area contributed by atoms with Gasteiger partial charge < -0.3 is 19.5 Å². The van der Waals surface area contributed by atoms with Crippen LogP contribution in [-0.4, -0.2) is 47.2 Å². The molecule has 1 fully saturated rings. The summed E-state index contributed by atoms with van der Waals surface area (Å²) in [7, 11) is 3.30. The Labute approximate surface area is 177 Å². The lowest BCUT2D eigenvalue weighted by Gasteiger charge is -2.22. The molecule has 0 atom stereocenters. The molecule has 0 saturated carbocycles. The highest BCUT2D eigenvalue weighted by Crippen LogP contribution is 2.30. The van der Waals surface area contributed by atoms with Gasteiger partial charge in [0.15, 0.2) is 5.65 Å². The Bertz CT molecular complexity index is 967. The molecule has 1 aliphatic rings. The van der Waals surface area contributed by atoms with Crippen molar-refractivity contribution < 1.29 is 14.2 Å². The van der Waals surface area contributed by atoms with Gasteiger partial charge >= 0.3 is 0 Å². The van der Waals surface area contributed by atoms with Gasteiger partial charge in [0, 0.05) is 31.4 Å². The maximum atomic E-state index is 5.49. The molecule has 0 radical (unpaired) electrons. The number of benzene rings is 1. The summed E-state index contributed by atoms with van der Waals surface area (Å²) in [5.41, 5.74) is 2.81. The van der Waals surface area contributed by atoms with E-state index in [2.05, 4.69) is 15.3 Å². The maximum Gasteiger partial charge on any atom is 0.163 e. The normalized spacial score (nSPS) is 14.2. The van der Waals surface area contributed by atoms with Crippen molar-refractivity contribution in [2.45, 2.75) is 46.2 Å². The van der Waals surface area contributed by atoms with E-state index in [1.165, 1.54) is 0 Å². The molecule has 1 N–H and O–H groups in total. The van der Waals surface area contributed by atoms with Crippen LogP contribution in [0.1, 0.15) is 44.0 Å². The van der Waals surface area contributed by atoms with Crippen LogP contribution >= 0.6 is 0 Å². The zero-order valence-electron chi connectivity index (χ0n) is 18.4. The highest BCUT2D eigenvalue weighted by molar-refractivity contribution is 5.89. The van der Waals surface area contributed by atoms with Gasteiger partial charge in [-0.2, -0.15) is 5.10 Å². The second kappa shape index (κ2) is 10.2. The minimum atomic E-state index is 0.314. The molecule has 30 heavy (non-hydrogen) atoms. The Hall–Kier alpha value is -2.87. The Morgan fingerprint density at radius 1 is 1.13 bits per heavy atom. The Morgan fingerprint density at radius 2 is 1.90 bits per heavy atom. The molecule has 0 aliphatic carbocycles. The number of fused-ring (bicyclic) bond motifs is 1. The molecular weight excluding hydrogens is 382 g/mol. The van der Waals surface area contributed by atoms with Crippen molar-refractivity contribution in [1.82, 2.24) is 19.7 Å². The predicted molar refractivity (Wildman–Crippen MR) is 117 cm³/mol. The zero-order chi connectivity index (χ0) is 21.5. The third kappa shape index (κ3) is 4.48. The van der Waals surface area contributed by atoms with Crippen LogP contribution in [-0.2, 0) is 11.3 Å². The number of nitrogens with zero attached hydrogens (tertiary/aromatic N) is 4. The average molecular weight is 414 g/mol. The minimum Gasteiger partial charge on any atom is -0.497 e. The fourth-order valence-electron chi connectivity index (χ4n) is 3.64. The van der Waals surface area contributed by atoms with Crippen LogP contribution in [0.5, 0.6) is 11.5 Å². The summed E-state index contributed by atoms with van der Waals surface area (Å²) in [4.78, 5) is 8.98. The zero-order valence-corrected chi connectivity index (χ0v) is 18.4. The van der Waals surface area contributed by atoms with Crippen molar-refractivity contribution in [2.24, 2.45) is 0 Å². The molecular formula is C22H31N5O3. The quantitative estimate of drug-likeness (QED) is 0.650. The highest BCUT2D eigenvalue weighted by atomic mass is 16.5. The first-order chi connectivity index (χ1) is 14.7. The number of rotatable bonds is 6. The number of hydrogen-bond acceptors (Lipinski definition) is 7. The van der Waals surface area contributed by atoms with Gasteiger partial charge in [-0.25, -0.2) is 14.6 Å². The second-order valence-corrected chi connectivity index (χ2v) is 6.83. The summed E-state index contributed by atoms with van der Waals surface area (Å²) in [6, 6.07) is 6.10. The average Bonchev–Trinajstić information content (AvgIpc) is 3.16. The number of nitrogens with one attached hydrogen (secondary N) is 1. The fourth-order valence-corrected chi connectivity index (χ4v) is 3.64. The van der Waals surface area contributed by atoms with E-state index in [0.717, 1.165) is 65.7 Å². The van der Waals surface area contributed by atoms with Crippen LogP contribution in [0.4, 0.5) is 5.82 Å². The van der Waals surface area contributed by atoms with Gasteiger partial charge in [0.2, 0.25) is 0 Å². The molecule has 1 saturated heterocycles. The monoisotopic (exact) mass is 413 g/mol. The van der Waals surface area contributed by atoms with Crippen molar-refractivity contribution in [1.29, 1.82) is 0 Å². The van der Waals surface area contributed by atoms with E-state index in [0.29, 0.717) is 12.6 Å². The lowest BCUT2D eigenvalue weighted by atomic mass is 10.1. The van der Waals surface area contributed by atoms with E-state index in [1.807, 2.05) is 43.7 Å². The van der Waals surface area contributed by atoms with Gasteiger partial charge in [-0.3, -0.25) is 0 Å². The molecule has 1 aliphatic heterocycles. The van der Waals surface area contributed by atoms with E-state index < -0.39 is 0 Å². The number of aromatic nitrogens is 4. The number of ether oxygens (including phenoxy) is 3. The number of aryl methyl sites for hydroxylation is 1. The van der Waals surface area contributed by atoms with E-state index in [1.54, 1.807) is 20.5 Å². The molecule has 1 aromatic carbocycles. The molecule has 0 bridgehead atoms. The van der Waals surface area contributed by atoms with Crippen LogP contribution in [0.3, 0.4) is 0 Å². The molecule has 3 aromatic rings. The Kier molecular flexibility index (Phi) is 7.46. The largest absolute Gasteiger partial charge is 0.497 e. The van der Waals surface area contributed by atoms with Crippen LogP contribution in [0.15, 0.2) is 24.5 Å². The summed E-state index contributed by atoms with van der Waals surface area (Å²) >= 11 is 0. The lowest BCUT2D eigenvalue weighted by Crippen LogP contribution is -2.20.